The molecule has 1 heterocycles. The molecule has 0 aliphatic heterocycles. The molecule has 100 valence electrons. The second-order valence-corrected chi connectivity index (χ2v) is 6.11. The number of rotatable bonds is 3. The van der Waals surface area contributed by atoms with Crippen molar-refractivity contribution in [1.82, 2.24) is 4.98 Å². The van der Waals surface area contributed by atoms with Gasteiger partial charge in [0.25, 0.3) is 10.0 Å². The highest BCUT2D eigenvalue weighted by Crippen LogP contribution is 2.24. The van der Waals surface area contributed by atoms with E-state index in [9.17, 15) is 8.42 Å². The maximum Gasteiger partial charge on any atom is 0.265 e. The molecule has 8 heteroatoms. The number of nitrogens with two attached hydrogens (primary N) is 1. The van der Waals surface area contributed by atoms with Crippen LogP contribution in [-0.4, -0.2) is 13.4 Å². The molecule has 1 aromatic heterocycles. The van der Waals surface area contributed by atoms with E-state index in [0.717, 1.165) is 0 Å². The Hall–Kier alpha value is -1.50. The minimum atomic E-state index is -3.83. The molecule has 0 spiro atoms. The number of anilines is 2. The van der Waals surface area contributed by atoms with E-state index in [1.165, 1.54) is 30.3 Å². The number of nitrogens with one attached hydrogen (secondary N) is 1. The lowest BCUT2D eigenvalue weighted by atomic mass is 10.3. The van der Waals surface area contributed by atoms with Gasteiger partial charge in [-0.25, -0.2) is 13.4 Å². The average molecular weight is 318 g/mol. The first kappa shape index (κ1) is 13.9. The summed E-state index contributed by atoms with van der Waals surface area (Å²) in [6.45, 7) is 0. The fourth-order valence-electron chi connectivity index (χ4n) is 1.42. The first-order valence-electron chi connectivity index (χ1n) is 5.09. The molecule has 3 N–H and O–H groups in total. The molecule has 5 nitrogen and oxygen atoms in total. The van der Waals surface area contributed by atoms with Crippen LogP contribution >= 0.6 is 23.2 Å². The van der Waals surface area contributed by atoms with E-state index in [2.05, 4.69) is 9.71 Å². The van der Waals surface area contributed by atoms with E-state index in [-0.39, 0.29) is 21.6 Å². The molecule has 2 rings (SSSR count). The van der Waals surface area contributed by atoms with Gasteiger partial charge in [0, 0.05) is 5.02 Å². The molecule has 0 amide bonds. The number of aromatic nitrogens is 1. The standard InChI is InChI=1S/C11H9Cl2N3O2S/c12-7-4-5-9(8(14)6-7)19(17,18)16-11-3-1-2-10(13)15-11/h1-6H,14H2,(H,15,16). The van der Waals surface area contributed by atoms with Gasteiger partial charge in [0.15, 0.2) is 0 Å². The third kappa shape index (κ3) is 3.28. The summed E-state index contributed by atoms with van der Waals surface area (Å²) in [5, 5.41) is 0.543. The molecule has 0 fully saturated rings. The molecule has 0 unspecified atom stereocenters. The maximum atomic E-state index is 12.1. The Labute approximate surface area is 120 Å². The summed E-state index contributed by atoms with van der Waals surface area (Å²) in [5.74, 6) is 0.113. The highest BCUT2D eigenvalue weighted by Gasteiger charge is 2.18. The van der Waals surface area contributed by atoms with Crippen molar-refractivity contribution in [3.8, 4) is 0 Å². The third-order valence-electron chi connectivity index (χ3n) is 2.22. The normalized spacial score (nSPS) is 11.3. The Kier molecular flexibility index (Phi) is 3.84. The van der Waals surface area contributed by atoms with Gasteiger partial charge >= 0.3 is 0 Å². The highest BCUT2D eigenvalue weighted by atomic mass is 35.5. The first-order chi connectivity index (χ1) is 8.88. The molecule has 19 heavy (non-hydrogen) atoms. The van der Waals surface area contributed by atoms with Gasteiger partial charge in [-0.3, -0.25) is 4.72 Å². The first-order valence-corrected chi connectivity index (χ1v) is 7.33. The molecule has 0 atom stereocenters. The maximum absolute atomic E-state index is 12.1. The van der Waals surface area contributed by atoms with Crippen LogP contribution in [0.1, 0.15) is 0 Å². The Balaban J connectivity index is 2.38. The Morgan fingerprint density at radius 2 is 1.89 bits per heavy atom. The summed E-state index contributed by atoms with van der Waals surface area (Å²) >= 11 is 11.4. The summed E-state index contributed by atoms with van der Waals surface area (Å²) in [7, 11) is -3.83. The van der Waals surface area contributed by atoms with Crippen LogP contribution in [0.15, 0.2) is 41.3 Å². The van der Waals surface area contributed by atoms with Crippen LogP contribution in [-0.2, 0) is 10.0 Å². The SMILES string of the molecule is Nc1cc(Cl)ccc1S(=O)(=O)Nc1cccc(Cl)n1. The van der Waals surface area contributed by atoms with Gasteiger partial charge in [-0.1, -0.05) is 29.3 Å². The molecule has 2 aromatic rings. The zero-order valence-electron chi connectivity index (χ0n) is 9.47. The fourth-order valence-corrected chi connectivity index (χ4v) is 2.88. The van der Waals surface area contributed by atoms with Crippen LogP contribution < -0.4 is 10.5 Å². The van der Waals surface area contributed by atoms with Crippen molar-refractivity contribution in [2.24, 2.45) is 0 Å². The van der Waals surface area contributed by atoms with E-state index in [0.29, 0.717) is 5.02 Å². The van der Waals surface area contributed by atoms with Crippen molar-refractivity contribution in [3.05, 3.63) is 46.6 Å². The number of sulfonamides is 1. The lowest BCUT2D eigenvalue weighted by molar-refractivity contribution is 0.601. The van der Waals surface area contributed by atoms with Crippen molar-refractivity contribution >= 4 is 44.7 Å². The molecule has 0 aliphatic carbocycles. The Bertz CT molecular complexity index is 720. The minimum absolute atomic E-state index is 0.0574. The van der Waals surface area contributed by atoms with E-state index in [1.54, 1.807) is 6.07 Å². The monoisotopic (exact) mass is 317 g/mol. The largest absolute Gasteiger partial charge is 0.398 e. The van der Waals surface area contributed by atoms with Crippen LogP contribution in [0.4, 0.5) is 11.5 Å². The quantitative estimate of drug-likeness (QED) is 0.673. The number of pyridine rings is 1. The number of hydrogen-bond donors (Lipinski definition) is 2. The Morgan fingerprint density at radius 3 is 2.53 bits per heavy atom. The Morgan fingerprint density at radius 1 is 1.16 bits per heavy atom. The molecule has 0 bridgehead atoms. The van der Waals surface area contributed by atoms with Gasteiger partial charge < -0.3 is 5.73 Å². The average Bonchev–Trinajstić information content (AvgIpc) is 2.27. The van der Waals surface area contributed by atoms with Crippen molar-refractivity contribution < 1.29 is 8.42 Å². The van der Waals surface area contributed by atoms with E-state index < -0.39 is 10.0 Å². The minimum Gasteiger partial charge on any atom is -0.398 e. The molecule has 0 aliphatic rings. The van der Waals surface area contributed by atoms with Crippen LogP contribution in [0.5, 0.6) is 0 Å². The fraction of sp³-hybridized carbons (Fsp3) is 0. The van der Waals surface area contributed by atoms with Gasteiger partial charge in [-0.15, -0.1) is 0 Å². The topological polar surface area (TPSA) is 85.1 Å². The van der Waals surface area contributed by atoms with Crippen LogP contribution in [0.2, 0.25) is 10.2 Å². The van der Waals surface area contributed by atoms with Gasteiger partial charge in [-0.2, -0.15) is 0 Å². The van der Waals surface area contributed by atoms with Crippen molar-refractivity contribution in [3.63, 3.8) is 0 Å². The number of nitrogen functional groups attached to an aromatic ring is 1. The zero-order chi connectivity index (χ0) is 14.0. The highest BCUT2D eigenvalue weighted by molar-refractivity contribution is 7.92. The lowest BCUT2D eigenvalue weighted by Gasteiger charge is -2.09. The zero-order valence-corrected chi connectivity index (χ0v) is 11.8. The van der Waals surface area contributed by atoms with Crippen LogP contribution in [0.3, 0.4) is 0 Å². The molecular weight excluding hydrogens is 309 g/mol. The van der Waals surface area contributed by atoms with Crippen LogP contribution in [0.25, 0.3) is 0 Å². The second-order valence-electron chi connectivity index (χ2n) is 3.63. The predicted molar refractivity (Wildman–Crippen MR) is 75.9 cm³/mol. The van der Waals surface area contributed by atoms with Gasteiger partial charge in [-0.05, 0) is 30.3 Å². The molecule has 0 saturated carbocycles. The lowest BCUT2D eigenvalue weighted by Crippen LogP contribution is -2.15. The smallest absolute Gasteiger partial charge is 0.265 e. The van der Waals surface area contributed by atoms with E-state index in [1.807, 2.05) is 0 Å². The van der Waals surface area contributed by atoms with Crippen molar-refractivity contribution in [2.45, 2.75) is 4.90 Å². The van der Waals surface area contributed by atoms with Crippen molar-refractivity contribution in [1.29, 1.82) is 0 Å². The summed E-state index contributed by atoms with van der Waals surface area (Å²) in [4.78, 5) is 3.77. The summed E-state index contributed by atoms with van der Waals surface area (Å²) < 4.78 is 26.5. The second kappa shape index (κ2) is 5.24. The van der Waals surface area contributed by atoms with Gasteiger partial charge in [0.05, 0.1) is 5.69 Å². The molecule has 0 radical (unpaired) electrons. The summed E-state index contributed by atoms with van der Waals surface area (Å²) in [5.41, 5.74) is 5.70. The molecular formula is C11H9Cl2N3O2S. The van der Waals surface area contributed by atoms with E-state index >= 15 is 0 Å². The summed E-state index contributed by atoms with van der Waals surface area (Å²) in [6, 6.07) is 8.73. The number of hydrogen-bond acceptors (Lipinski definition) is 4. The van der Waals surface area contributed by atoms with Crippen molar-refractivity contribution in [2.75, 3.05) is 10.5 Å². The molecule has 1 aromatic carbocycles. The van der Waals surface area contributed by atoms with Crippen LogP contribution in [0, 0.1) is 0 Å². The number of benzene rings is 1. The number of nitrogens with zero attached hydrogens (tertiary/aromatic N) is 1. The molecule has 0 saturated heterocycles. The number of halogens is 2. The van der Waals surface area contributed by atoms with E-state index in [4.69, 9.17) is 28.9 Å². The van der Waals surface area contributed by atoms with Gasteiger partial charge in [0.1, 0.15) is 15.9 Å². The summed E-state index contributed by atoms with van der Waals surface area (Å²) in [6.07, 6.45) is 0. The third-order valence-corrected chi connectivity index (χ3v) is 4.09. The van der Waals surface area contributed by atoms with Gasteiger partial charge in [0.2, 0.25) is 0 Å². The predicted octanol–water partition coefficient (Wildman–Crippen LogP) is 2.77.